The Balaban J connectivity index is 1.85. The quantitative estimate of drug-likeness (QED) is 0.870. The molecule has 1 amide bonds. The Morgan fingerprint density at radius 2 is 2.47 bits per heavy atom. The summed E-state index contributed by atoms with van der Waals surface area (Å²) in [5.74, 6) is 1.90. The van der Waals surface area contributed by atoms with Gasteiger partial charge in [-0.2, -0.15) is 5.10 Å². The van der Waals surface area contributed by atoms with Gasteiger partial charge >= 0.3 is 0 Å². The molecule has 2 unspecified atom stereocenters. The Hall–Kier alpha value is -1.36. The van der Waals surface area contributed by atoms with Gasteiger partial charge in [0.25, 0.3) is 0 Å². The lowest BCUT2D eigenvalue weighted by atomic mass is 9.85. The van der Waals surface area contributed by atoms with Crippen molar-refractivity contribution in [2.45, 2.75) is 33.1 Å². The van der Waals surface area contributed by atoms with Gasteiger partial charge in [-0.25, -0.2) is 0 Å². The summed E-state index contributed by atoms with van der Waals surface area (Å²) >= 11 is 0. The summed E-state index contributed by atoms with van der Waals surface area (Å²) in [5, 5.41) is 10.6. The highest BCUT2D eigenvalue weighted by Gasteiger charge is 2.22. The minimum absolute atomic E-state index is 0.0843. The molecule has 106 valence electrons. The van der Waals surface area contributed by atoms with Crippen LogP contribution in [0.2, 0.25) is 0 Å². The van der Waals surface area contributed by atoms with Crippen molar-refractivity contribution in [3.8, 4) is 0 Å². The molecule has 2 N–H and O–H groups in total. The smallest absolute Gasteiger partial charge is 0.225 e. The van der Waals surface area contributed by atoms with Crippen LogP contribution in [0.25, 0.3) is 0 Å². The molecular formula is C14H24N4O. The Bertz CT molecular complexity index is 435. The summed E-state index contributed by atoms with van der Waals surface area (Å²) in [7, 11) is 1.84. The number of aromatic nitrogens is 2. The Kier molecular flexibility index (Phi) is 4.58. The third-order valence-electron chi connectivity index (χ3n) is 3.92. The van der Waals surface area contributed by atoms with Crippen LogP contribution in [-0.4, -0.2) is 28.8 Å². The number of nitrogens with zero attached hydrogens (tertiary/aromatic N) is 2. The van der Waals surface area contributed by atoms with Crippen LogP contribution < -0.4 is 10.6 Å². The van der Waals surface area contributed by atoms with E-state index in [0.717, 1.165) is 24.6 Å². The van der Waals surface area contributed by atoms with Crippen LogP contribution in [-0.2, 0) is 11.8 Å². The lowest BCUT2D eigenvalue weighted by molar-refractivity contribution is -0.117. The molecule has 1 aliphatic heterocycles. The number of hydrogen-bond donors (Lipinski definition) is 2. The fraction of sp³-hybridized carbons (Fsp3) is 0.714. The molecule has 1 saturated heterocycles. The summed E-state index contributed by atoms with van der Waals surface area (Å²) in [6.45, 7) is 6.25. The van der Waals surface area contributed by atoms with Crippen LogP contribution in [0.3, 0.4) is 0 Å². The van der Waals surface area contributed by atoms with Gasteiger partial charge in [-0.15, -0.1) is 0 Å². The van der Waals surface area contributed by atoms with Crippen molar-refractivity contribution in [3.63, 3.8) is 0 Å². The molecule has 1 fully saturated rings. The van der Waals surface area contributed by atoms with E-state index in [1.807, 2.05) is 20.0 Å². The fourth-order valence-corrected chi connectivity index (χ4v) is 2.75. The predicted molar refractivity (Wildman–Crippen MR) is 75.9 cm³/mol. The first-order valence-corrected chi connectivity index (χ1v) is 7.07. The topological polar surface area (TPSA) is 59.0 Å². The van der Waals surface area contributed by atoms with Gasteiger partial charge in [-0.1, -0.05) is 6.92 Å². The highest BCUT2D eigenvalue weighted by atomic mass is 16.1. The van der Waals surface area contributed by atoms with Crippen molar-refractivity contribution >= 4 is 11.7 Å². The second kappa shape index (κ2) is 6.19. The normalized spacial score (nSPS) is 21.1. The van der Waals surface area contributed by atoms with Gasteiger partial charge in [0, 0.05) is 19.5 Å². The first-order valence-electron chi connectivity index (χ1n) is 7.07. The zero-order valence-electron chi connectivity index (χ0n) is 12.1. The maximum absolute atomic E-state index is 12.1. The molecule has 2 heterocycles. The molecule has 5 nitrogen and oxygen atoms in total. The minimum Gasteiger partial charge on any atom is -0.316 e. The highest BCUT2D eigenvalue weighted by molar-refractivity contribution is 5.90. The molecule has 0 aliphatic carbocycles. The molecule has 0 spiro atoms. The van der Waals surface area contributed by atoms with Crippen LogP contribution in [0.1, 0.15) is 31.9 Å². The van der Waals surface area contributed by atoms with E-state index in [1.54, 1.807) is 4.68 Å². The van der Waals surface area contributed by atoms with Gasteiger partial charge in [-0.3, -0.25) is 9.48 Å². The van der Waals surface area contributed by atoms with Crippen molar-refractivity contribution in [2.24, 2.45) is 18.9 Å². The summed E-state index contributed by atoms with van der Waals surface area (Å²) in [5.41, 5.74) is 0.919. The Morgan fingerprint density at radius 1 is 1.68 bits per heavy atom. The molecule has 1 aromatic heterocycles. The third kappa shape index (κ3) is 3.80. The maximum Gasteiger partial charge on any atom is 0.225 e. The van der Waals surface area contributed by atoms with E-state index in [2.05, 4.69) is 22.7 Å². The fourth-order valence-electron chi connectivity index (χ4n) is 2.75. The van der Waals surface area contributed by atoms with Crippen molar-refractivity contribution < 1.29 is 4.79 Å². The van der Waals surface area contributed by atoms with Gasteiger partial charge in [0.2, 0.25) is 5.91 Å². The van der Waals surface area contributed by atoms with Crippen molar-refractivity contribution in [1.82, 2.24) is 15.1 Å². The average molecular weight is 264 g/mol. The minimum atomic E-state index is 0.0843. The molecule has 0 bridgehead atoms. The van der Waals surface area contributed by atoms with Crippen LogP contribution >= 0.6 is 0 Å². The lowest BCUT2D eigenvalue weighted by Gasteiger charge is -2.27. The van der Waals surface area contributed by atoms with E-state index in [9.17, 15) is 4.79 Å². The average Bonchev–Trinajstić information content (AvgIpc) is 2.68. The monoisotopic (exact) mass is 264 g/mol. The summed E-state index contributed by atoms with van der Waals surface area (Å²) in [6, 6.07) is 1.89. The molecule has 1 aliphatic rings. The molecule has 0 radical (unpaired) electrons. The molecule has 0 aromatic carbocycles. The number of aryl methyl sites for hydroxylation is 2. The van der Waals surface area contributed by atoms with Gasteiger partial charge in [0.1, 0.15) is 5.82 Å². The molecule has 0 saturated carbocycles. The Labute approximate surface area is 114 Å². The molecule has 2 rings (SSSR count). The van der Waals surface area contributed by atoms with Crippen LogP contribution in [0, 0.1) is 18.8 Å². The summed E-state index contributed by atoms with van der Waals surface area (Å²) in [4.78, 5) is 12.1. The molecule has 5 heteroatoms. The van der Waals surface area contributed by atoms with Crippen molar-refractivity contribution in [2.75, 3.05) is 18.4 Å². The molecule has 2 atom stereocenters. The van der Waals surface area contributed by atoms with E-state index < -0.39 is 0 Å². The third-order valence-corrected chi connectivity index (χ3v) is 3.92. The molecule has 1 aromatic rings. The standard InChI is InChI=1S/C14H24N4O/c1-10(12-5-4-6-15-9-12)7-14(19)16-13-8-11(2)17-18(13)3/h8,10,12,15H,4-7,9H2,1-3H3,(H,16,19). The number of rotatable bonds is 4. The lowest BCUT2D eigenvalue weighted by Crippen LogP contribution is -2.34. The van der Waals surface area contributed by atoms with Crippen LogP contribution in [0.5, 0.6) is 0 Å². The molecular weight excluding hydrogens is 240 g/mol. The van der Waals surface area contributed by atoms with Crippen molar-refractivity contribution in [1.29, 1.82) is 0 Å². The number of carbonyl (C=O) groups excluding carboxylic acids is 1. The van der Waals surface area contributed by atoms with Crippen LogP contribution in [0.4, 0.5) is 5.82 Å². The predicted octanol–water partition coefficient (Wildman–Crippen LogP) is 1.69. The van der Waals surface area contributed by atoms with Gasteiger partial charge in [0.05, 0.1) is 5.69 Å². The number of carbonyl (C=O) groups is 1. The van der Waals surface area contributed by atoms with E-state index in [1.165, 1.54) is 12.8 Å². The van der Waals surface area contributed by atoms with E-state index >= 15 is 0 Å². The summed E-state index contributed by atoms with van der Waals surface area (Å²) in [6.07, 6.45) is 3.03. The molecule has 19 heavy (non-hydrogen) atoms. The van der Waals surface area contributed by atoms with E-state index in [4.69, 9.17) is 0 Å². The zero-order chi connectivity index (χ0) is 13.8. The first-order chi connectivity index (χ1) is 9.06. The van der Waals surface area contributed by atoms with Gasteiger partial charge in [-0.05, 0) is 44.7 Å². The van der Waals surface area contributed by atoms with Crippen molar-refractivity contribution in [3.05, 3.63) is 11.8 Å². The zero-order valence-corrected chi connectivity index (χ0v) is 12.1. The number of anilines is 1. The highest BCUT2D eigenvalue weighted by Crippen LogP contribution is 2.23. The first kappa shape index (κ1) is 14.1. The second-order valence-corrected chi connectivity index (χ2v) is 5.63. The Morgan fingerprint density at radius 3 is 3.05 bits per heavy atom. The largest absolute Gasteiger partial charge is 0.316 e. The van der Waals surface area contributed by atoms with E-state index in [0.29, 0.717) is 18.3 Å². The van der Waals surface area contributed by atoms with Gasteiger partial charge in [0.15, 0.2) is 0 Å². The number of piperidine rings is 1. The summed E-state index contributed by atoms with van der Waals surface area (Å²) < 4.78 is 1.71. The van der Waals surface area contributed by atoms with E-state index in [-0.39, 0.29) is 5.91 Å². The maximum atomic E-state index is 12.1. The number of nitrogens with one attached hydrogen (secondary N) is 2. The van der Waals surface area contributed by atoms with Crippen LogP contribution in [0.15, 0.2) is 6.07 Å². The number of amides is 1. The SMILES string of the molecule is Cc1cc(NC(=O)CC(C)C2CCCNC2)n(C)n1. The number of hydrogen-bond acceptors (Lipinski definition) is 3. The second-order valence-electron chi connectivity index (χ2n) is 5.63. The van der Waals surface area contributed by atoms with Gasteiger partial charge < -0.3 is 10.6 Å².